The van der Waals surface area contributed by atoms with E-state index in [1.807, 2.05) is 0 Å². The summed E-state index contributed by atoms with van der Waals surface area (Å²) < 4.78 is 45.9. The van der Waals surface area contributed by atoms with E-state index >= 15 is 0 Å². The number of alkyl halides is 3. The molecule has 0 saturated heterocycles. The fourth-order valence-corrected chi connectivity index (χ4v) is 3.85. The van der Waals surface area contributed by atoms with Gasteiger partial charge in [0.05, 0.1) is 27.9 Å². The van der Waals surface area contributed by atoms with E-state index in [2.05, 4.69) is 20.8 Å². The molecule has 0 fully saturated rings. The van der Waals surface area contributed by atoms with Crippen LogP contribution in [0.4, 0.5) is 18.9 Å². The van der Waals surface area contributed by atoms with Crippen molar-refractivity contribution in [3.63, 3.8) is 0 Å². The van der Waals surface area contributed by atoms with Crippen LogP contribution in [0.1, 0.15) is 37.5 Å². The van der Waals surface area contributed by atoms with E-state index in [1.54, 1.807) is 25.1 Å². The maximum absolute atomic E-state index is 13.6. The van der Waals surface area contributed by atoms with E-state index in [1.165, 1.54) is 24.3 Å². The van der Waals surface area contributed by atoms with Crippen LogP contribution in [0.2, 0.25) is 0 Å². The van der Waals surface area contributed by atoms with Gasteiger partial charge >= 0.3 is 6.18 Å². The lowest BCUT2D eigenvalue weighted by atomic mass is 10.0. The van der Waals surface area contributed by atoms with Gasteiger partial charge in [0, 0.05) is 23.4 Å². The van der Waals surface area contributed by atoms with Crippen molar-refractivity contribution in [3.05, 3.63) is 76.5 Å². The van der Waals surface area contributed by atoms with Crippen LogP contribution in [0.25, 0.3) is 22.4 Å². The lowest BCUT2D eigenvalue weighted by molar-refractivity contribution is -0.137. The highest BCUT2D eigenvalue weighted by molar-refractivity contribution is 6.13. The van der Waals surface area contributed by atoms with Crippen molar-refractivity contribution >= 4 is 28.6 Å². The van der Waals surface area contributed by atoms with Crippen LogP contribution in [0.3, 0.4) is 0 Å². The Morgan fingerprint density at radius 2 is 1.91 bits per heavy atom. The van der Waals surface area contributed by atoms with Crippen LogP contribution in [0.5, 0.6) is 0 Å². The predicted octanol–water partition coefficient (Wildman–Crippen LogP) is 4.71. The summed E-state index contributed by atoms with van der Waals surface area (Å²) in [7, 11) is 0. The number of amides is 2. The van der Waals surface area contributed by atoms with Gasteiger partial charge in [-0.1, -0.05) is 29.4 Å². The van der Waals surface area contributed by atoms with Crippen molar-refractivity contribution in [2.45, 2.75) is 19.6 Å². The molecule has 10 heteroatoms. The number of hydrogen-bond donors (Lipinski definition) is 2. The number of nitrogens with zero attached hydrogens (tertiary/aromatic N) is 2. The number of rotatable bonds is 3. The fraction of sp³-hybridized carbons (Fsp3) is 0.130. The third kappa shape index (κ3) is 3.59. The Bertz CT molecular complexity index is 1440. The topological polar surface area (TPSA) is 97.1 Å². The van der Waals surface area contributed by atoms with Gasteiger partial charge in [0.15, 0.2) is 0 Å². The van der Waals surface area contributed by atoms with Crippen molar-refractivity contribution < 1.29 is 27.3 Å². The number of aromatic nitrogens is 2. The third-order valence-electron chi connectivity index (χ3n) is 5.42. The first kappa shape index (κ1) is 20.7. The number of aryl methyl sites for hydroxylation is 1. The molecule has 0 aliphatic carbocycles. The molecule has 166 valence electrons. The van der Waals surface area contributed by atoms with Gasteiger partial charge in [0.1, 0.15) is 0 Å². The van der Waals surface area contributed by atoms with E-state index in [0.717, 1.165) is 11.6 Å². The molecule has 2 aromatic carbocycles. The monoisotopic (exact) mass is 452 g/mol. The molecule has 5 rings (SSSR count). The molecule has 0 radical (unpaired) electrons. The zero-order valence-electron chi connectivity index (χ0n) is 17.1. The number of anilines is 1. The number of hydrogen-bond acceptors (Lipinski definition) is 5. The number of halogens is 3. The fourth-order valence-electron chi connectivity index (χ4n) is 3.85. The molecule has 2 amide bonds. The maximum atomic E-state index is 13.6. The quantitative estimate of drug-likeness (QED) is 0.469. The van der Waals surface area contributed by atoms with E-state index in [9.17, 15) is 22.8 Å². The first-order chi connectivity index (χ1) is 15.7. The van der Waals surface area contributed by atoms with Crippen molar-refractivity contribution in [3.8, 4) is 11.3 Å². The van der Waals surface area contributed by atoms with E-state index < -0.39 is 17.6 Å². The van der Waals surface area contributed by atoms with Gasteiger partial charge in [-0.15, -0.1) is 0 Å². The molecule has 0 unspecified atom stereocenters. The number of carbonyl (C=O) groups is 2. The molecule has 3 heterocycles. The summed E-state index contributed by atoms with van der Waals surface area (Å²) in [6.45, 7) is 2.02. The summed E-state index contributed by atoms with van der Waals surface area (Å²) in [4.78, 5) is 29.3. The number of carbonyl (C=O) groups excluding carboxylic acids is 2. The second-order valence-electron chi connectivity index (χ2n) is 7.56. The molecule has 33 heavy (non-hydrogen) atoms. The molecule has 0 spiro atoms. The van der Waals surface area contributed by atoms with Crippen LogP contribution in [-0.2, 0) is 12.7 Å². The molecular formula is C23H15F3N4O3. The molecule has 2 N–H and O–H groups in total. The molecule has 7 nitrogen and oxygen atoms in total. The zero-order valence-corrected chi connectivity index (χ0v) is 17.1. The summed E-state index contributed by atoms with van der Waals surface area (Å²) in [6, 6.07) is 11.2. The van der Waals surface area contributed by atoms with Crippen molar-refractivity contribution in [2.75, 3.05) is 5.32 Å². The van der Waals surface area contributed by atoms with Gasteiger partial charge in [-0.25, -0.2) is 4.98 Å². The number of benzene rings is 2. The smallest absolute Gasteiger partial charge is 0.348 e. The van der Waals surface area contributed by atoms with Gasteiger partial charge in [-0.2, -0.15) is 13.2 Å². The maximum Gasteiger partial charge on any atom is 0.417 e. The van der Waals surface area contributed by atoms with Crippen molar-refractivity contribution in [1.29, 1.82) is 0 Å². The van der Waals surface area contributed by atoms with Crippen molar-refractivity contribution in [1.82, 2.24) is 15.5 Å². The third-order valence-corrected chi connectivity index (χ3v) is 5.42. The van der Waals surface area contributed by atoms with Crippen LogP contribution in [0, 0.1) is 6.92 Å². The summed E-state index contributed by atoms with van der Waals surface area (Å²) >= 11 is 0. The minimum Gasteiger partial charge on any atom is -0.348 e. The standard InChI is InChI=1S/C23H15F3N4O3/c1-11-19-16(21(32)28-13-7-6-12-10-27-20(31)15(12)8-13)9-18(29-22(19)33-30-11)14-4-2-3-5-17(14)23(24,25)26/h2-9H,10H2,1H3,(H,27,31)(H,28,32). The molecule has 0 atom stereocenters. The summed E-state index contributed by atoms with van der Waals surface area (Å²) in [6.07, 6.45) is -4.61. The normalized spacial score (nSPS) is 13.2. The van der Waals surface area contributed by atoms with E-state index in [-0.39, 0.29) is 28.4 Å². The predicted molar refractivity (Wildman–Crippen MR) is 113 cm³/mol. The highest BCUT2D eigenvalue weighted by Crippen LogP contribution is 2.37. The number of pyridine rings is 1. The Hall–Kier alpha value is -4.21. The van der Waals surface area contributed by atoms with Gasteiger partial charge in [-0.3, -0.25) is 9.59 Å². The highest BCUT2D eigenvalue weighted by atomic mass is 19.4. The molecule has 2 aromatic heterocycles. The molecule has 0 bridgehead atoms. The first-order valence-corrected chi connectivity index (χ1v) is 9.88. The Morgan fingerprint density at radius 1 is 1.12 bits per heavy atom. The largest absolute Gasteiger partial charge is 0.417 e. The number of nitrogens with one attached hydrogen (secondary N) is 2. The Morgan fingerprint density at radius 3 is 2.70 bits per heavy atom. The summed E-state index contributed by atoms with van der Waals surface area (Å²) in [5.41, 5.74) is 0.840. The van der Waals surface area contributed by atoms with Crippen LogP contribution in [0.15, 0.2) is 53.1 Å². The lowest BCUT2D eigenvalue weighted by Gasteiger charge is -2.13. The second kappa shape index (κ2) is 7.44. The highest BCUT2D eigenvalue weighted by Gasteiger charge is 2.34. The zero-order chi connectivity index (χ0) is 23.3. The Kier molecular flexibility index (Phi) is 4.66. The van der Waals surface area contributed by atoms with Gasteiger partial charge in [0.2, 0.25) is 0 Å². The first-order valence-electron chi connectivity index (χ1n) is 9.88. The average Bonchev–Trinajstić information content (AvgIpc) is 3.35. The van der Waals surface area contributed by atoms with Crippen LogP contribution >= 0.6 is 0 Å². The molecule has 4 aromatic rings. The van der Waals surface area contributed by atoms with E-state index in [0.29, 0.717) is 28.9 Å². The van der Waals surface area contributed by atoms with Gasteiger partial charge in [0.25, 0.3) is 17.5 Å². The van der Waals surface area contributed by atoms with Crippen molar-refractivity contribution in [2.24, 2.45) is 0 Å². The van der Waals surface area contributed by atoms with Gasteiger partial charge in [-0.05, 0) is 36.8 Å². The Labute approximate surface area is 184 Å². The van der Waals surface area contributed by atoms with Crippen LogP contribution < -0.4 is 10.6 Å². The lowest BCUT2D eigenvalue weighted by Crippen LogP contribution is -2.15. The second-order valence-corrected chi connectivity index (χ2v) is 7.56. The number of fused-ring (bicyclic) bond motifs is 2. The Balaban J connectivity index is 1.60. The minimum atomic E-state index is -4.61. The molecule has 1 aliphatic rings. The molecular weight excluding hydrogens is 437 g/mol. The molecule has 1 aliphatic heterocycles. The van der Waals surface area contributed by atoms with E-state index in [4.69, 9.17) is 4.52 Å². The minimum absolute atomic E-state index is 0.0516. The SMILES string of the molecule is Cc1noc2nc(-c3ccccc3C(F)(F)F)cc(C(=O)Nc3ccc4c(c3)C(=O)NC4)c12. The van der Waals surface area contributed by atoms with Gasteiger partial charge < -0.3 is 15.2 Å². The average molecular weight is 452 g/mol. The summed E-state index contributed by atoms with van der Waals surface area (Å²) in [5, 5.41) is 9.51. The van der Waals surface area contributed by atoms with Crippen LogP contribution in [-0.4, -0.2) is 22.0 Å². The summed E-state index contributed by atoms with van der Waals surface area (Å²) in [5.74, 6) is -0.842. The molecule has 0 saturated carbocycles.